The van der Waals surface area contributed by atoms with Crippen LogP contribution in [0.3, 0.4) is 0 Å². The monoisotopic (exact) mass is 318 g/mol. The standard InChI is InChI=1S/C20H30O3/c1-2-3-4-5-6-7-8-9-10-11-12-13-14-15-16-17-18-19(21)20(22)23/h6-7,9-10,12-13,15-16H,2-5,8,11,14,17-18H2,1H3,(H,22,23)/b7-6-,10-9-,13-12-,16-15-. The van der Waals surface area contributed by atoms with E-state index >= 15 is 0 Å². The summed E-state index contributed by atoms with van der Waals surface area (Å²) in [5, 5.41) is 8.41. The molecule has 0 rings (SSSR count). The number of carbonyl (C=O) groups excluding carboxylic acids is 1. The van der Waals surface area contributed by atoms with Crippen LogP contribution in [0.15, 0.2) is 48.6 Å². The summed E-state index contributed by atoms with van der Waals surface area (Å²) in [5.41, 5.74) is 0. The number of unbranched alkanes of at least 4 members (excludes halogenated alkanes) is 3. The van der Waals surface area contributed by atoms with E-state index in [2.05, 4.69) is 43.4 Å². The average Bonchev–Trinajstić information content (AvgIpc) is 2.54. The van der Waals surface area contributed by atoms with Crippen LogP contribution in [0.4, 0.5) is 0 Å². The molecule has 0 saturated heterocycles. The van der Waals surface area contributed by atoms with Crippen LogP contribution in [-0.4, -0.2) is 16.9 Å². The topological polar surface area (TPSA) is 54.4 Å². The highest BCUT2D eigenvalue weighted by atomic mass is 16.4. The van der Waals surface area contributed by atoms with E-state index < -0.39 is 11.8 Å². The number of carbonyl (C=O) groups is 2. The number of carboxylic acids is 1. The van der Waals surface area contributed by atoms with Gasteiger partial charge in [0.15, 0.2) is 0 Å². The lowest BCUT2D eigenvalue weighted by atomic mass is 10.2. The molecule has 3 nitrogen and oxygen atoms in total. The summed E-state index contributed by atoms with van der Waals surface area (Å²) in [6.45, 7) is 2.22. The molecule has 0 aliphatic carbocycles. The van der Waals surface area contributed by atoms with Gasteiger partial charge in [0.05, 0.1) is 0 Å². The first-order chi connectivity index (χ1) is 11.2. The fraction of sp³-hybridized carbons (Fsp3) is 0.500. The Hall–Kier alpha value is -1.90. The van der Waals surface area contributed by atoms with Gasteiger partial charge in [-0.05, 0) is 38.5 Å². The van der Waals surface area contributed by atoms with Gasteiger partial charge >= 0.3 is 5.97 Å². The van der Waals surface area contributed by atoms with E-state index in [1.54, 1.807) is 0 Å². The van der Waals surface area contributed by atoms with E-state index in [0.29, 0.717) is 6.42 Å². The van der Waals surface area contributed by atoms with E-state index in [9.17, 15) is 9.59 Å². The Morgan fingerprint density at radius 3 is 1.70 bits per heavy atom. The molecule has 0 radical (unpaired) electrons. The van der Waals surface area contributed by atoms with Gasteiger partial charge in [-0.1, -0.05) is 68.4 Å². The maximum Gasteiger partial charge on any atom is 0.372 e. The van der Waals surface area contributed by atoms with Gasteiger partial charge in [-0.2, -0.15) is 0 Å². The molecule has 128 valence electrons. The molecule has 1 N–H and O–H groups in total. The number of carboxylic acid groups (broad SMARTS) is 1. The van der Waals surface area contributed by atoms with Crippen LogP contribution in [0, 0.1) is 0 Å². The van der Waals surface area contributed by atoms with Crippen LogP contribution in [0.2, 0.25) is 0 Å². The van der Waals surface area contributed by atoms with E-state index in [-0.39, 0.29) is 6.42 Å². The fourth-order valence-corrected chi connectivity index (χ4v) is 1.88. The lowest BCUT2D eigenvalue weighted by Gasteiger charge is -1.90. The molecule has 0 aromatic rings. The molecular formula is C20H30O3. The molecule has 23 heavy (non-hydrogen) atoms. The minimum atomic E-state index is -1.35. The minimum Gasteiger partial charge on any atom is -0.476 e. The van der Waals surface area contributed by atoms with Gasteiger partial charge in [-0.15, -0.1) is 0 Å². The first kappa shape index (κ1) is 21.1. The van der Waals surface area contributed by atoms with Gasteiger partial charge in [0.2, 0.25) is 5.78 Å². The molecule has 0 unspecified atom stereocenters. The van der Waals surface area contributed by atoms with Gasteiger partial charge in [0.25, 0.3) is 0 Å². The van der Waals surface area contributed by atoms with Crippen molar-refractivity contribution in [3.8, 4) is 0 Å². The molecule has 0 aliphatic heterocycles. The van der Waals surface area contributed by atoms with Gasteiger partial charge in [0.1, 0.15) is 0 Å². The van der Waals surface area contributed by atoms with Crippen LogP contribution in [-0.2, 0) is 9.59 Å². The summed E-state index contributed by atoms with van der Waals surface area (Å²) in [5.74, 6) is -2.07. The van der Waals surface area contributed by atoms with E-state index in [4.69, 9.17) is 5.11 Å². The third-order valence-corrected chi connectivity index (χ3v) is 3.23. The maximum atomic E-state index is 10.8. The summed E-state index contributed by atoms with van der Waals surface area (Å²) >= 11 is 0. The van der Waals surface area contributed by atoms with Crippen molar-refractivity contribution in [1.29, 1.82) is 0 Å². The first-order valence-electron chi connectivity index (χ1n) is 8.54. The molecule has 0 saturated carbocycles. The van der Waals surface area contributed by atoms with Crippen LogP contribution >= 0.6 is 0 Å². The lowest BCUT2D eigenvalue weighted by Crippen LogP contribution is -2.11. The second kappa shape index (κ2) is 16.5. The number of hydrogen-bond donors (Lipinski definition) is 1. The van der Waals surface area contributed by atoms with Gasteiger partial charge < -0.3 is 5.11 Å². The molecule has 0 amide bonds. The molecule has 0 heterocycles. The second-order valence-electron chi connectivity index (χ2n) is 5.36. The predicted molar refractivity (Wildman–Crippen MR) is 96.4 cm³/mol. The van der Waals surface area contributed by atoms with E-state index in [1.807, 2.05) is 12.2 Å². The van der Waals surface area contributed by atoms with Crippen LogP contribution in [0.25, 0.3) is 0 Å². The number of rotatable bonds is 14. The molecule has 0 aromatic heterocycles. The Morgan fingerprint density at radius 1 is 0.739 bits per heavy atom. The van der Waals surface area contributed by atoms with Crippen molar-refractivity contribution in [2.75, 3.05) is 0 Å². The predicted octanol–water partition coefficient (Wildman–Crippen LogP) is 5.40. The highest BCUT2D eigenvalue weighted by Crippen LogP contribution is 2.01. The molecule has 0 atom stereocenters. The second-order valence-corrected chi connectivity index (χ2v) is 5.36. The molecule has 0 aromatic carbocycles. The molecular weight excluding hydrogens is 288 g/mol. The Bertz CT molecular complexity index is 428. The minimum absolute atomic E-state index is 0.0737. The third kappa shape index (κ3) is 16.3. The number of hydrogen-bond acceptors (Lipinski definition) is 2. The average molecular weight is 318 g/mol. The lowest BCUT2D eigenvalue weighted by molar-refractivity contribution is -0.149. The van der Waals surface area contributed by atoms with Crippen LogP contribution in [0.1, 0.15) is 64.7 Å². The van der Waals surface area contributed by atoms with Gasteiger partial charge in [-0.3, -0.25) is 4.79 Å². The van der Waals surface area contributed by atoms with Crippen molar-refractivity contribution in [2.45, 2.75) is 64.7 Å². The SMILES string of the molecule is CCCCC/C=C\C/C=C\C/C=C\C/C=C\CCC(=O)C(=O)O. The highest BCUT2D eigenvalue weighted by molar-refractivity contribution is 6.32. The summed E-state index contributed by atoms with van der Waals surface area (Å²) in [7, 11) is 0. The highest BCUT2D eigenvalue weighted by Gasteiger charge is 2.08. The summed E-state index contributed by atoms with van der Waals surface area (Å²) < 4.78 is 0. The summed E-state index contributed by atoms with van der Waals surface area (Å²) in [4.78, 5) is 21.1. The molecule has 3 heteroatoms. The van der Waals surface area contributed by atoms with Gasteiger partial charge in [-0.25, -0.2) is 4.79 Å². The largest absolute Gasteiger partial charge is 0.476 e. The molecule has 0 fully saturated rings. The number of aliphatic carboxylic acids is 1. The van der Waals surface area contributed by atoms with Crippen molar-refractivity contribution in [2.24, 2.45) is 0 Å². The van der Waals surface area contributed by atoms with Crippen molar-refractivity contribution in [1.82, 2.24) is 0 Å². The van der Waals surface area contributed by atoms with Crippen molar-refractivity contribution < 1.29 is 14.7 Å². The first-order valence-corrected chi connectivity index (χ1v) is 8.54. The zero-order chi connectivity index (χ0) is 17.2. The van der Waals surface area contributed by atoms with Crippen molar-refractivity contribution in [3.05, 3.63) is 48.6 Å². The zero-order valence-electron chi connectivity index (χ0n) is 14.2. The van der Waals surface area contributed by atoms with E-state index in [1.165, 1.54) is 25.7 Å². The number of ketones is 1. The molecule has 0 spiro atoms. The van der Waals surface area contributed by atoms with Crippen molar-refractivity contribution in [3.63, 3.8) is 0 Å². The Morgan fingerprint density at radius 2 is 1.22 bits per heavy atom. The smallest absolute Gasteiger partial charge is 0.372 e. The number of Topliss-reactive ketones (excluding diaryl/α,β-unsaturated/α-hetero) is 1. The Labute approximate surface area is 140 Å². The molecule has 0 aliphatic rings. The zero-order valence-corrected chi connectivity index (χ0v) is 14.2. The normalized spacial score (nSPS) is 12.2. The quantitative estimate of drug-likeness (QED) is 0.265. The van der Waals surface area contributed by atoms with Gasteiger partial charge in [0, 0.05) is 6.42 Å². The van der Waals surface area contributed by atoms with Crippen LogP contribution in [0.5, 0.6) is 0 Å². The van der Waals surface area contributed by atoms with Crippen molar-refractivity contribution >= 4 is 11.8 Å². The molecule has 0 bridgehead atoms. The number of allylic oxidation sites excluding steroid dienone is 8. The fourth-order valence-electron chi connectivity index (χ4n) is 1.88. The Kier molecular flexibility index (Phi) is 15.1. The Balaban J connectivity index is 3.51. The van der Waals surface area contributed by atoms with E-state index in [0.717, 1.165) is 19.3 Å². The summed E-state index contributed by atoms with van der Waals surface area (Å²) in [6.07, 6.45) is 25.2. The maximum absolute atomic E-state index is 10.8. The third-order valence-electron chi connectivity index (χ3n) is 3.23. The summed E-state index contributed by atoms with van der Waals surface area (Å²) in [6, 6.07) is 0. The van der Waals surface area contributed by atoms with Crippen LogP contribution < -0.4 is 0 Å².